The molecule has 2 aliphatic rings. The summed E-state index contributed by atoms with van der Waals surface area (Å²) in [5.74, 6) is -0.625. The SMILES string of the molecule is COC(=O)C1(Cc2cccc(CCOC3CCO3)c2F)COC1. The number of hydrogen-bond donors (Lipinski definition) is 0. The molecule has 0 spiro atoms. The Bertz CT molecular complexity index is 566. The van der Waals surface area contributed by atoms with Crippen molar-refractivity contribution in [3.63, 3.8) is 0 Å². The molecule has 23 heavy (non-hydrogen) atoms. The monoisotopic (exact) mass is 324 g/mol. The second-order valence-electron chi connectivity index (χ2n) is 6.04. The lowest BCUT2D eigenvalue weighted by Gasteiger charge is -2.38. The molecule has 1 aromatic rings. The minimum atomic E-state index is -0.759. The molecule has 126 valence electrons. The van der Waals surface area contributed by atoms with Gasteiger partial charge in [-0.2, -0.15) is 0 Å². The van der Waals surface area contributed by atoms with Crippen molar-refractivity contribution in [2.75, 3.05) is 33.5 Å². The zero-order valence-electron chi connectivity index (χ0n) is 13.2. The molecule has 5 nitrogen and oxygen atoms in total. The zero-order chi connectivity index (χ0) is 16.3. The number of carbonyl (C=O) groups is 1. The molecular weight excluding hydrogens is 303 g/mol. The molecule has 2 aliphatic heterocycles. The van der Waals surface area contributed by atoms with Crippen LogP contribution < -0.4 is 0 Å². The summed E-state index contributed by atoms with van der Waals surface area (Å²) in [5, 5.41) is 0. The Balaban J connectivity index is 1.65. The molecule has 0 N–H and O–H groups in total. The molecule has 6 heteroatoms. The molecule has 0 aromatic heterocycles. The van der Waals surface area contributed by atoms with Crippen LogP contribution in [-0.4, -0.2) is 45.8 Å². The Morgan fingerprint density at radius 1 is 1.39 bits per heavy atom. The zero-order valence-corrected chi connectivity index (χ0v) is 13.2. The molecule has 2 fully saturated rings. The normalized spacial score (nSPS) is 22.1. The van der Waals surface area contributed by atoms with Crippen molar-refractivity contribution in [1.82, 2.24) is 0 Å². The summed E-state index contributed by atoms with van der Waals surface area (Å²) in [6, 6.07) is 5.25. The highest BCUT2D eigenvalue weighted by atomic mass is 19.1. The smallest absolute Gasteiger partial charge is 0.316 e. The third kappa shape index (κ3) is 3.39. The van der Waals surface area contributed by atoms with E-state index in [-0.39, 0.29) is 37.7 Å². The fourth-order valence-electron chi connectivity index (χ4n) is 2.83. The van der Waals surface area contributed by atoms with Crippen LogP contribution in [-0.2, 0) is 36.6 Å². The van der Waals surface area contributed by atoms with Crippen LogP contribution in [0, 0.1) is 11.2 Å². The maximum absolute atomic E-state index is 14.7. The number of ether oxygens (including phenoxy) is 4. The minimum Gasteiger partial charge on any atom is -0.468 e. The van der Waals surface area contributed by atoms with Gasteiger partial charge in [0.1, 0.15) is 11.2 Å². The first kappa shape index (κ1) is 16.4. The fourth-order valence-corrected chi connectivity index (χ4v) is 2.83. The van der Waals surface area contributed by atoms with Crippen LogP contribution in [0.3, 0.4) is 0 Å². The summed E-state index contributed by atoms with van der Waals surface area (Å²) in [5.41, 5.74) is 0.336. The number of rotatable bonds is 7. The van der Waals surface area contributed by atoms with E-state index in [4.69, 9.17) is 18.9 Å². The van der Waals surface area contributed by atoms with E-state index < -0.39 is 5.41 Å². The lowest BCUT2D eigenvalue weighted by Crippen LogP contribution is -2.51. The van der Waals surface area contributed by atoms with Crippen molar-refractivity contribution in [1.29, 1.82) is 0 Å². The Morgan fingerprint density at radius 3 is 2.70 bits per heavy atom. The van der Waals surface area contributed by atoms with Gasteiger partial charge in [-0.25, -0.2) is 4.39 Å². The Labute approximate surface area is 134 Å². The number of halogens is 1. The third-order valence-electron chi connectivity index (χ3n) is 4.40. The first-order valence-corrected chi connectivity index (χ1v) is 7.80. The summed E-state index contributed by atoms with van der Waals surface area (Å²) in [4.78, 5) is 11.9. The maximum atomic E-state index is 14.7. The van der Waals surface area contributed by atoms with E-state index in [9.17, 15) is 9.18 Å². The van der Waals surface area contributed by atoms with Gasteiger partial charge >= 0.3 is 5.97 Å². The standard InChI is InChI=1S/C17H21FO5/c1-20-16(19)17(10-21-11-17)9-13-4-2-3-12(15(13)18)5-7-22-14-6-8-23-14/h2-4,14H,5-11H2,1H3. The molecule has 0 amide bonds. The molecule has 3 rings (SSSR count). The Morgan fingerprint density at radius 2 is 2.13 bits per heavy atom. The summed E-state index contributed by atoms with van der Waals surface area (Å²) < 4.78 is 35.3. The van der Waals surface area contributed by atoms with Crippen molar-refractivity contribution in [2.24, 2.45) is 5.41 Å². The van der Waals surface area contributed by atoms with Gasteiger partial charge in [0, 0.05) is 6.42 Å². The molecule has 0 saturated carbocycles. The number of carbonyl (C=O) groups excluding carboxylic acids is 1. The molecule has 0 bridgehead atoms. The van der Waals surface area contributed by atoms with Gasteiger partial charge in [-0.05, 0) is 24.0 Å². The molecule has 0 aliphatic carbocycles. The Kier molecular flexibility index (Phi) is 4.94. The molecule has 1 aromatic carbocycles. The maximum Gasteiger partial charge on any atom is 0.316 e. The van der Waals surface area contributed by atoms with Crippen LogP contribution in [0.2, 0.25) is 0 Å². The topological polar surface area (TPSA) is 54.0 Å². The van der Waals surface area contributed by atoms with E-state index in [1.54, 1.807) is 18.2 Å². The van der Waals surface area contributed by atoms with E-state index in [1.165, 1.54) is 7.11 Å². The van der Waals surface area contributed by atoms with Gasteiger partial charge in [0.15, 0.2) is 6.29 Å². The lowest BCUT2D eigenvalue weighted by molar-refractivity contribution is -0.214. The average Bonchev–Trinajstić information content (AvgIpc) is 2.47. The Hall–Kier alpha value is -1.50. The van der Waals surface area contributed by atoms with Gasteiger partial charge in [-0.15, -0.1) is 0 Å². The fraction of sp³-hybridized carbons (Fsp3) is 0.588. The molecule has 2 saturated heterocycles. The van der Waals surface area contributed by atoms with Crippen LogP contribution in [0.4, 0.5) is 4.39 Å². The van der Waals surface area contributed by atoms with Crippen LogP contribution in [0.1, 0.15) is 17.5 Å². The molecule has 2 heterocycles. The first-order valence-electron chi connectivity index (χ1n) is 7.80. The van der Waals surface area contributed by atoms with E-state index >= 15 is 0 Å². The van der Waals surface area contributed by atoms with Gasteiger partial charge in [-0.3, -0.25) is 4.79 Å². The van der Waals surface area contributed by atoms with E-state index in [0.29, 0.717) is 24.2 Å². The van der Waals surface area contributed by atoms with Crippen molar-refractivity contribution >= 4 is 5.97 Å². The van der Waals surface area contributed by atoms with Crippen molar-refractivity contribution in [3.8, 4) is 0 Å². The lowest BCUT2D eigenvalue weighted by atomic mass is 9.79. The molecular formula is C17H21FO5. The second kappa shape index (κ2) is 6.95. The number of benzene rings is 1. The van der Waals surface area contributed by atoms with Crippen LogP contribution in [0.5, 0.6) is 0 Å². The largest absolute Gasteiger partial charge is 0.468 e. The second-order valence-corrected chi connectivity index (χ2v) is 6.04. The number of methoxy groups -OCH3 is 1. The van der Waals surface area contributed by atoms with Crippen LogP contribution in [0.25, 0.3) is 0 Å². The van der Waals surface area contributed by atoms with E-state index in [2.05, 4.69) is 0 Å². The quantitative estimate of drug-likeness (QED) is 0.717. The van der Waals surface area contributed by atoms with Gasteiger partial charge in [0.05, 0.1) is 33.5 Å². The summed E-state index contributed by atoms with van der Waals surface area (Å²) in [7, 11) is 1.34. The van der Waals surface area contributed by atoms with Gasteiger partial charge in [0.2, 0.25) is 0 Å². The first-order chi connectivity index (χ1) is 11.1. The highest BCUT2D eigenvalue weighted by Gasteiger charge is 2.47. The van der Waals surface area contributed by atoms with Crippen LogP contribution >= 0.6 is 0 Å². The molecule has 0 radical (unpaired) electrons. The van der Waals surface area contributed by atoms with Crippen LogP contribution in [0.15, 0.2) is 18.2 Å². The number of esters is 1. The average molecular weight is 324 g/mol. The van der Waals surface area contributed by atoms with E-state index in [0.717, 1.165) is 13.0 Å². The van der Waals surface area contributed by atoms with E-state index in [1.807, 2.05) is 0 Å². The summed E-state index contributed by atoms with van der Waals surface area (Å²) >= 11 is 0. The molecule has 1 atom stereocenters. The number of hydrogen-bond acceptors (Lipinski definition) is 5. The van der Waals surface area contributed by atoms with Gasteiger partial charge in [0.25, 0.3) is 0 Å². The third-order valence-corrected chi connectivity index (χ3v) is 4.40. The van der Waals surface area contributed by atoms with Crippen molar-refractivity contribution in [3.05, 3.63) is 35.1 Å². The highest BCUT2D eigenvalue weighted by molar-refractivity contribution is 5.78. The predicted octanol–water partition coefficient (Wildman–Crippen LogP) is 1.86. The summed E-state index contributed by atoms with van der Waals surface area (Å²) in [6.07, 6.45) is 1.51. The van der Waals surface area contributed by atoms with Crippen molar-refractivity contribution in [2.45, 2.75) is 25.6 Å². The highest BCUT2D eigenvalue weighted by Crippen LogP contribution is 2.34. The van der Waals surface area contributed by atoms with Gasteiger partial charge in [-0.1, -0.05) is 18.2 Å². The predicted molar refractivity (Wildman–Crippen MR) is 79.4 cm³/mol. The molecule has 1 unspecified atom stereocenters. The van der Waals surface area contributed by atoms with Gasteiger partial charge < -0.3 is 18.9 Å². The minimum absolute atomic E-state index is 0.143. The van der Waals surface area contributed by atoms with Crippen molar-refractivity contribution < 1.29 is 28.1 Å². The summed E-state index contributed by atoms with van der Waals surface area (Å²) in [6.45, 7) is 1.68.